The zero-order valence-corrected chi connectivity index (χ0v) is 18.3. The van der Waals surface area contributed by atoms with Gasteiger partial charge in [0.1, 0.15) is 11.8 Å². The Balaban J connectivity index is 1.57. The van der Waals surface area contributed by atoms with Crippen molar-refractivity contribution < 1.29 is 31.8 Å². The van der Waals surface area contributed by atoms with Crippen LogP contribution in [0.5, 0.6) is 0 Å². The molecule has 0 saturated carbocycles. The second-order valence-corrected chi connectivity index (χ2v) is 8.99. The Hall–Kier alpha value is -2.08. The van der Waals surface area contributed by atoms with E-state index in [-0.39, 0.29) is 31.3 Å². The summed E-state index contributed by atoms with van der Waals surface area (Å²) in [6.07, 6.45) is -4.40. The first kappa shape index (κ1) is 24.1. The van der Waals surface area contributed by atoms with E-state index in [2.05, 4.69) is 15.6 Å². The predicted molar refractivity (Wildman–Crippen MR) is 113 cm³/mol. The van der Waals surface area contributed by atoms with Gasteiger partial charge in [-0.15, -0.1) is 0 Å². The van der Waals surface area contributed by atoms with Crippen LogP contribution < -0.4 is 15.5 Å². The van der Waals surface area contributed by atoms with Gasteiger partial charge in [-0.05, 0) is 38.1 Å². The summed E-state index contributed by atoms with van der Waals surface area (Å²) < 4.78 is 74.2. The van der Waals surface area contributed by atoms with Gasteiger partial charge >= 0.3 is 6.18 Å². The van der Waals surface area contributed by atoms with Gasteiger partial charge in [0.2, 0.25) is 0 Å². The van der Waals surface area contributed by atoms with Crippen molar-refractivity contribution in [3.05, 3.63) is 36.0 Å². The molecule has 2 aliphatic heterocycles. The fourth-order valence-electron chi connectivity index (χ4n) is 4.49. The maximum Gasteiger partial charge on any atom is 0.418 e. The number of halogens is 5. The summed E-state index contributed by atoms with van der Waals surface area (Å²) in [6, 6.07) is 5.55. The van der Waals surface area contributed by atoms with E-state index in [4.69, 9.17) is 4.74 Å². The third kappa shape index (κ3) is 4.91. The molecular weight excluding hydrogens is 447 g/mol. The highest BCUT2D eigenvalue weighted by Crippen LogP contribution is 2.38. The molecule has 0 radical (unpaired) electrons. The number of hydrogen-bond donors (Lipinski definition) is 3. The summed E-state index contributed by atoms with van der Waals surface area (Å²) in [5, 5.41) is 16.8. The molecule has 0 spiro atoms. The summed E-state index contributed by atoms with van der Waals surface area (Å²) in [4.78, 5) is 5.80. The normalized spacial score (nSPS) is 27.6. The minimum Gasteiger partial charge on any atom is -0.373 e. The van der Waals surface area contributed by atoms with Gasteiger partial charge in [-0.2, -0.15) is 13.2 Å². The second-order valence-electron chi connectivity index (χ2n) is 8.99. The molecule has 33 heavy (non-hydrogen) atoms. The maximum atomic E-state index is 13.9. The first-order chi connectivity index (χ1) is 15.4. The van der Waals surface area contributed by atoms with Gasteiger partial charge in [-0.3, -0.25) is 10.3 Å². The molecule has 3 N–H and O–H groups in total. The number of aromatic nitrogens is 1. The Bertz CT molecular complexity index is 1000. The van der Waals surface area contributed by atoms with Crippen LogP contribution in [0.25, 0.3) is 10.9 Å². The van der Waals surface area contributed by atoms with E-state index in [0.717, 1.165) is 6.07 Å². The highest BCUT2D eigenvalue weighted by Gasteiger charge is 2.46. The summed E-state index contributed by atoms with van der Waals surface area (Å²) >= 11 is 0. The Kier molecular flexibility index (Phi) is 6.27. The van der Waals surface area contributed by atoms with Crippen LogP contribution in [0.1, 0.15) is 19.4 Å². The number of aliphatic hydroxyl groups is 1. The number of rotatable bonds is 5. The van der Waals surface area contributed by atoms with Crippen molar-refractivity contribution in [1.29, 1.82) is 0 Å². The van der Waals surface area contributed by atoms with Gasteiger partial charge in [-0.1, -0.05) is 0 Å². The van der Waals surface area contributed by atoms with Crippen molar-refractivity contribution in [3.8, 4) is 0 Å². The first-order valence-corrected chi connectivity index (χ1v) is 10.8. The van der Waals surface area contributed by atoms with E-state index in [9.17, 15) is 27.1 Å². The molecule has 4 rings (SSSR count). The third-order valence-electron chi connectivity index (χ3n) is 6.34. The minimum absolute atomic E-state index is 0.117. The van der Waals surface area contributed by atoms with Crippen LogP contribution in [0.4, 0.5) is 27.6 Å². The molecule has 0 aliphatic carbocycles. The molecule has 3 heterocycles. The van der Waals surface area contributed by atoms with E-state index in [1.807, 2.05) is 4.90 Å². The largest absolute Gasteiger partial charge is 0.418 e. The number of nitrogens with one attached hydrogen (secondary N) is 2. The molecule has 2 fully saturated rings. The average Bonchev–Trinajstić information content (AvgIpc) is 3.08. The fourth-order valence-corrected chi connectivity index (χ4v) is 4.49. The number of anilines is 1. The fraction of sp³-hybridized carbons (Fsp3) is 0.591. The Morgan fingerprint density at radius 1 is 1.27 bits per heavy atom. The van der Waals surface area contributed by atoms with Crippen LogP contribution in [0, 0.1) is 5.92 Å². The van der Waals surface area contributed by atoms with Crippen molar-refractivity contribution in [2.24, 2.45) is 5.92 Å². The molecule has 0 bridgehead atoms. The molecule has 0 amide bonds. The van der Waals surface area contributed by atoms with Crippen molar-refractivity contribution >= 4 is 16.6 Å². The zero-order chi connectivity index (χ0) is 24.0. The van der Waals surface area contributed by atoms with Gasteiger partial charge in [0.05, 0.1) is 23.7 Å². The SMILES string of the molecule is C[C@@H]1CN(c2ccc(C(F)(F)F)c3ncccc23)C[C@H](C(C)(O)NCC2CNCC2(F)F)O1. The van der Waals surface area contributed by atoms with Gasteiger partial charge < -0.3 is 20.1 Å². The zero-order valence-electron chi connectivity index (χ0n) is 18.3. The molecule has 2 unspecified atom stereocenters. The third-order valence-corrected chi connectivity index (χ3v) is 6.34. The van der Waals surface area contributed by atoms with Crippen molar-refractivity contribution in [1.82, 2.24) is 15.6 Å². The van der Waals surface area contributed by atoms with E-state index in [1.165, 1.54) is 19.2 Å². The average molecular weight is 474 g/mol. The molecule has 1 aromatic heterocycles. The van der Waals surface area contributed by atoms with E-state index < -0.39 is 42.0 Å². The summed E-state index contributed by atoms with van der Waals surface area (Å²) in [5.41, 5.74) is -2.07. The van der Waals surface area contributed by atoms with Crippen LogP contribution in [0.2, 0.25) is 0 Å². The number of morpholine rings is 1. The molecule has 11 heteroatoms. The number of ether oxygens (including phenoxy) is 1. The van der Waals surface area contributed by atoms with Crippen LogP contribution >= 0.6 is 0 Å². The predicted octanol–water partition coefficient (Wildman–Crippen LogP) is 3.00. The van der Waals surface area contributed by atoms with Gasteiger partial charge in [0, 0.05) is 49.4 Å². The van der Waals surface area contributed by atoms with Crippen molar-refractivity contribution in [2.75, 3.05) is 37.6 Å². The lowest BCUT2D eigenvalue weighted by Gasteiger charge is -2.44. The number of nitrogens with zero attached hydrogens (tertiary/aromatic N) is 2. The van der Waals surface area contributed by atoms with Crippen molar-refractivity contribution in [3.63, 3.8) is 0 Å². The number of pyridine rings is 1. The highest BCUT2D eigenvalue weighted by atomic mass is 19.4. The van der Waals surface area contributed by atoms with Crippen molar-refractivity contribution in [2.45, 2.75) is 43.9 Å². The summed E-state index contributed by atoms with van der Waals surface area (Å²) in [5.74, 6) is -3.84. The maximum absolute atomic E-state index is 13.9. The number of alkyl halides is 5. The highest BCUT2D eigenvalue weighted by molar-refractivity contribution is 5.94. The first-order valence-electron chi connectivity index (χ1n) is 10.8. The quantitative estimate of drug-likeness (QED) is 0.457. The standard InChI is InChI=1S/C22H27F5N4O2/c1-13-10-31(17-6-5-16(22(25,26)27)19-15(17)4-3-7-29-19)11-18(33-13)20(2,32)30-9-14-8-28-12-21(14,23)24/h3-7,13-14,18,28,30,32H,8-12H2,1-2H3/t13-,14?,18-,20?/m1/s1. The van der Waals surface area contributed by atoms with Gasteiger partial charge in [0.15, 0.2) is 0 Å². The number of benzene rings is 1. The van der Waals surface area contributed by atoms with Gasteiger partial charge in [0.25, 0.3) is 5.92 Å². The lowest BCUT2D eigenvalue weighted by Crippen LogP contribution is -2.62. The Morgan fingerprint density at radius 3 is 2.70 bits per heavy atom. The monoisotopic (exact) mass is 474 g/mol. The van der Waals surface area contributed by atoms with Crippen LogP contribution in [0.3, 0.4) is 0 Å². The molecule has 2 aromatic rings. The topological polar surface area (TPSA) is 69.7 Å². The van der Waals surface area contributed by atoms with Gasteiger partial charge in [-0.25, -0.2) is 8.78 Å². The van der Waals surface area contributed by atoms with E-state index in [0.29, 0.717) is 17.6 Å². The van der Waals surface area contributed by atoms with Crippen LogP contribution in [0.15, 0.2) is 30.5 Å². The second kappa shape index (κ2) is 8.61. The number of fused-ring (bicyclic) bond motifs is 1. The molecule has 2 saturated heterocycles. The Labute approximate surface area is 188 Å². The Morgan fingerprint density at radius 2 is 2.03 bits per heavy atom. The molecule has 1 aromatic carbocycles. The summed E-state index contributed by atoms with van der Waals surface area (Å²) in [6.45, 7) is 3.39. The van der Waals surface area contributed by atoms with Crippen LogP contribution in [-0.4, -0.2) is 66.7 Å². The number of hydrogen-bond acceptors (Lipinski definition) is 6. The molecule has 4 atom stereocenters. The summed E-state index contributed by atoms with van der Waals surface area (Å²) in [7, 11) is 0. The minimum atomic E-state index is -4.54. The lowest BCUT2D eigenvalue weighted by molar-refractivity contribution is -0.147. The smallest absolute Gasteiger partial charge is 0.373 e. The van der Waals surface area contributed by atoms with E-state index >= 15 is 0 Å². The van der Waals surface area contributed by atoms with E-state index in [1.54, 1.807) is 19.1 Å². The lowest BCUT2D eigenvalue weighted by atomic mass is 10.0. The molecule has 182 valence electrons. The van der Waals surface area contributed by atoms with Crippen LogP contribution in [-0.2, 0) is 10.9 Å². The molecular formula is C22H27F5N4O2. The molecule has 6 nitrogen and oxygen atoms in total. The molecule has 2 aliphatic rings.